The third-order valence-corrected chi connectivity index (χ3v) is 3.74. The van der Waals surface area contributed by atoms with Gasteiger partial charge in [-0.25, -0.2) is 4.98 Å². The summed E-state index contributed by atoms with van der Waals surface area (Å²) in [5.74, 6) is 1.48. The van der Waals surface area contributed by atoms with Crippen molar-refractivity contribution in [3.8, 4) is 22.8 Å². The number of carbonyl (C=O) groups is 1. The van der Waals surface area contributed by atoms with Gasteiger partial charge in [-0.05, 0) is 24.6 Å². The topological polar surface area (TPSA) is 48.4 Å². The van der Waals surface area contributed by atoms with E-state index in [9.17, 15) is 4.79 Å². The summed E-state index contributed by atoms with van der Waals surface area (Å²) in [6, 6.07) is 3.85. The first kappa shape index (κ1) is 11.2. The molecule has 92 valence electrons. The Balaban J connectivity index is 2.08. The molecule has 18 heavy (non-hydrogen) atoms. The number of aryl methyl sites for hydroxylation is 1. The molecule has 1 aliphatic heterocycles. The quantitative estimate of drug-likeness (QED) is 0.779. The number of hydrogen-bond donors (Lipinski definition) is 0. The Labute approximate surface area is 108 Å². The molecule has 0 unspecified atom stereocenters. The average molecular weight is 261 g/mol. The maximum absolute atomic E-state index is 11.3. The number of nitrogens with zero attached hydrogens (tertiary/aromatic N) is 1. The monoisotopic (exact) mass is 261 g/mol. The minimum Gasteiger partial charge on any atom is -0.454 e. The van der Waals surface area contributed by atoms with Crippen LogP contribution in [0.4, 0.5) is 0 Å². The van der Waals surface area contributed by atoms with Crippen LogP contribution in [0.25, 0.3) is 11.3 Å². The Morgan fingerprint density at radius 2 is 2.06 bits per heavy atom. The molecule has 0 amide bonds. The van der Waals surface area contributed by atoms with Crippen molar-refractivity contribution in [2.24, 2.45) is 0 Å². The molecular formula is C13H11NO3S. The summed E-state index contributed by atoms with van der Waals surface area (Å²) in [6.45, 7) is 3.77. The summed E-state index contributed by atoms with van der Waals surface area (Å²) in [7, 11) is 0. The molecule has 0 saturated carbocycles. The first-order valence-electron chi connectivity index (χ1n) is 5.52. The fourth-order valence-electron chi connectivity index (χ4n) is 1.88. The smallest absolute Gasteiger partial charge is 0.231 e. The highest BCUT2D eigenvalue weighted by molar-refractivity contribution is 7.12. The number of ketones is 1. The van der Waals surface area contributed by atoms with Crippen molar-refractivity contribution in [1.29, 1.82) is 0 Å². The second-order valence-corrected chi connectivity index (χ2v) is 4.97. The van der Waals surface area contributed by atoms with Gasteiger partial charge in [0.25, 0.3) is 0 Å². The third-order valence-electron chi connectivity index (χ3n) is 2.80. The SMILES string of the molecule is CC(=O)c1nc(-c2cc3c(cc2C)OCO3)cs1. The molecule has 2 heterocycles. The highest BCUT2D eigenvalue weighted by atomic mass is 32.1. The first-order valence-corrected chi connectivity index (χ1v) is 6.40. The number of ether oxygens (including phenoxy) is 2. The van der Waals surface area contributed by atoms with Gasteiger partial charge in [0.2, 0.25) is 6.79 Å². The summed E-state index contributed by atoms with van der Waals surface area (Å²) in [4.78, 5) is 15.6. The largest absolute Gasteiger partial charge is 0.454 e. The van der Waals surface area contributed by atoms with Gasteiger partial charge in [0.05, 0.1) is 5.69 Å². The van der Waals surface area contributed by atoms with Crippen LogP contribution in [0.1, 0.15) is 22.3 Å². The predicted octanol–water partition coefficient (Wildman–Crippen LogP) is 3.05. The maximum Gasteiger partial charge on any atom is 0.231 e. The number of aromatic nitrogens is 1. The maximum atomic E-state index is 11.3. The lowest BCUT2D eigenvalue weighted by atomic mass is 10.1. The van der Waals surface area contributed by atoms with Crippen molar-refractivity contribution in [2.75, 3.05) is 6.79 Å². The Bertz CT molecular complexity index is 633. The van der Waals surface area contributed by atoms with Crippen LogP contribution < -0.4 is 9.47 Å². The minimum absolute atomic E-state index is 0.00959. The molecule has 0 aliphatic carbocycles. The van der Waals surface area contributed by atoms with Gasteiger partial charge < -0.3 is 9.47 Å². The average Bonchev–Trinajstić information content (AvgIpc) is 2.94. The molecule has 0 fully saturated rings. The molecule has 4 nitrogen and oxygen atoms in total. The fraction of sp³-hybridized carbons (Fsp3) is 0.231. The molecule has 1 aliphatic rings. The summed E-state index contributed by atoms with van der Waals surface area (Å²) in [5, 5.41) is 2.42. The second kappa shape index (κ2) is 4.10. The lowest BCUT2D eigenvalue weighted by Gasteiger charge is -2.04. The molecule has 0 bridgehead atoms. The molecule has 0 spiro atoms. The van der Waals surface area contributed by atoms with Crippen LogP contribution in [0.3, 0.4) is 0 Å². The van der Waals surface area contributed by atoms with Crippen LogP contribution in [0, 0.1) is 6.92 Å². The first-order chi connectivity index (χ1) is 8.65. The molecule has 5 heteroatoms. The molecular weight excluding hydrogens is 250 g/mol. The number of carbonyl (C=O) groups excluding carboxylic acids is 1. The normalized spacial score (nSPS) is 12.8. The van der Waals surface area contributed by atoms with Crippen LogP contribution in [0.2, 0.25) is 0 Å². The van der Waals surface area contributed by atoms with E-state index in [0.717, 1.165) is 28.3 Å². The van der Waals surface area contributed by atoms with Crippen LogP contribution in [0.5, 0.6) is 11.5 Å². The molecule has 2 aromatic rings. The van der Waals surface area contributed by atoms with Crippen molar-refractivity contribution >= 4 is 17.1 Å². The van der Waals surface area contributed by atoms with Gasteiger partial charge in [0.1, 0.15) is 0 Å². The van der Waals surface area contributed by atoms with Crippen molar-refractivity contribution in [3.05, 3.63) is 28.1 Å². The van der Waals surface area contributed by atoms with E-state index < -0.39 is 0 Å². The van der Waals surface area contributed by atoms with Crippen molar-refractivity contribution in [1.82, 2.24) is 4.98 Å². The lowest BCUT2D eigenvalue weighted by Crippen LogP contribution is -1.92. The van der Waals surface area contributed by atoms with E-state index in [0.29, 0.717) is 5.01 Å². The number of Topliss-reactive ketones (excluding diaryl/α,β-unsaturated/α-hetero) is 1. The molecule has 0 radical (unpaired) electrons. The minimum atomic E-state index is -0.00959. The van der Waals surface area contributed by atoms with E-state index in [-0.39, 0.29) is 12.6 Å². The van der Waals surface area contributed by atoms with Gasteiger partial charge in [-0.3, -0.25) is 4.79 Å². The van der Waals surface area contributed by atoms with Gasteiger partial charge >= 0.3 is 0 Å². The Morgan fingerprint density at radius 3 is 2.72 bits per heavy atom. The van der Waals surface area contributed by atoms with E-state index >= 15 is 0 Å². The van der Waals surface area contributed by atoms with Crippen LogP contribution in [-0.4, -0.2) is 17.6 Å². The molecule has 3 rings (SSSR count). The van der Waals surface area contributed by atoms with Gasteiger partial charge in [0, 0.05) is 17.9 Å². The second-order valence-electron chi connectivity index (χ2n) is 4.11. The number of hydrogen-bond acceptors (Lipinski definition) is 5. The van der Waals surface area contributed by atoms with Crippen molar-refractivity contribution in [3.63, 3.8) is 0 Å². The highest BCUT2D eigenvalue weighted by Gasteiger charge is 2.18. The molecule has 1 aromatic heterocycles. The summed E-state index contributed by atoms with van der Waals surface area (Å²) < 4.78 is 10.7. The van der Waals surface area contributed by atoms with Gasteiger partial charge in [-0.2, -0.15) is 0 Å². The van der Waals surface area contributed by atoms with Gasteiger partial charge in [-0.1, -0.05) is 0 Å². The fourth-order valence-corrected chi connectivity index (χ4v) is 2.60. The third kappa shape index (κ3) is 1.76. The van der Waals surface area contributed by atoms with Crippen LogP contribution in [-0.2, 0) is 0 Å². The zero-order chi connectivity index (χ0) is 12.7. The van der Waals surface area contributed by atoms with Gasteiger partial charge in [0.15, 0.2) is 22.3 Å². The van der Waals surface area contributed by atoms with Gasteiger partial charge in [-0.15, -0.1) is 11.3 Å². The van der Waals surface area contributed by atoms with Crippen LogP contribution >= 0.6 is 11.3 Å². The Hall–Kier alpha value is -1.88. The summed E-state index contributed by atoms with van der Waals surface area (Å²) in [6.07, 6.45) is 0. The van der Waals surface area contributed by atoms with Crippen molar-refractivity contribution in [2.45, 2.75) is 13.8 Å². The number of fused-ring (bicyclic) bond motifs is 1. The molecule has 0 atom stereocenters. The predicted molar refractivity (Wildman–Crippen MR) is 68.4 cm³/mol. The Kier molecular flexibility index (Phi) is 2.56. The zero-order valence-corrected chi connectivity index (χ0v) is 10.8. The highest BCUT2D eigenvalue weighted by Crippen LogP contribution is 2.38. The zero-order valence-electron chi connectivity index (χ0n) is 10.0. The summed E-state index contributed by atoms with van der Waals surface area (Å²) >= 11 is 1.36. The lowest BCUT2D eigenvalue weighted by molar-refractivity contribution is 0.101. The molecule has 1 aromatic carbocycles. The van der Waals surface area contributed by atoms with E-state index in [1.807, 2.05) is 24.4 Å². The molecule has 0 N–H and O–H groups in total. The van der Waals surface area contributed by atoms with E-state index in [1.54, 1.807) is 0 Å². The standard InChI is InChI=1S/C13H11NO3S/c1-7-3-11-12(17-6-16-11)4-9(7)10-5-18-13(14-10)8(2)15/h3-5H,6H2,1-2H3. The van der Waals surface area contributed by atoms with Crippen molar-refractivity contribution < 1.29 is 14.3 Å². The van der Waals surface area contributed by atoms with E-state index in [1.165, 1.54) is 18.3 Å². The number of rotatable bonds is 2. The van der Waals surface area contributed by atoms with E-state index in [4.69, 9.17) is 9.47 Å². The number of thiazole rings is 1. The van der Waals surface area contributed by atoms with Crippen LogP contribution in [0.15, 0.2) is 17.5 Å². The van der Waals surface area contributed by atoms with E-state index in [2.05, 4.69) is 4.98 Å². The Morgan fingerprint density at radius 1 is 1.33 bits per heavy atom. The molecule has 0 saturated heterocycles. The summed E-state index contributed by atoms with van der Waals surface area (Å²) in [5.41, 5.74) is 2.84. The number of benzene rings is 1.